The molecular formula is C24H18F10N2O3. The van der Waals surface area contributed by atoms with Gasteiger partial charge in [0.15, 0.2) is 6.10 Å². The van der Waals surface area contributed by atoms with Gasteiger partial charge >= 0.3 is 24.9 Å². The SMILES string of the molecule is OC(CNC(c1cccc(Oc2ccnc(OC(F)F)c2)c1)c1cccc(C(F)(F)C(F)(F)F)c1)C(F)(F)F. The van der Waals surface area contributed by atoms with Crippen LogP contribution in [0.2, 0.25) is 0 Å². The first-order chi connectivity index (χ1) is 18.1. The van der Waals surface area contributed by atoms with Crippen LogP contribution in [0.25, 0.3) is 0 Å². The van der Waals surface area contributed by atoms with Crippen molar-refractivity contribution in [1.29, 1.82) is 0 Å². The quantitative estimate of drug-likeness (QED) is 0.264. The standard InChI is InChI=1S/C24H18F10N2O3/c25-21(26)39-19-11-17(7-8-35-19)38-16-6-2-4-14(10-16)20(36-12-18(37)23(29,30)31)13-3-1-5-15(9-13)22(27,28)24(32,33)34/h1-11,18,20-21,36-37H,12H2. The van der Waals surface area contributed by atoms with Gasteiger partial charge in [0.1, 0.15) is 11.5 Å². The lowest BCUT2D eigenvalue weighted by atomic mass is 9.95. The second-order valence-electron chi connectivity index (χ2n) is 7.98. The van der Waals surface area contributed by atoms with Crippen LogP contribution < -0.4 is 14.8 Å². The van der Waals surface area contributed by atoms with E-state index in [1.165, 1.54) is 30.3 Å². The van der Waals surface area contributed by atoms with Crippen molar-refractivity contribution in [2.75, 3.05) is 6.54 Å². The molecule has 0 fully saturated rings. The number of alkyl halides is 10. The molecule has 0 radical (unpaired) electrons. The Morgan fingerprint density at radius 2 is 1.44 bits per heavy atom. The lowest BCUT2D eigenvalue weighted by molar-refractivity contribution is -0.289. The molecule has 0 aliphatic heterocycles. The van der Waals surface area contributed by atoms with Gasteiger partial charge in [-0.1, -0.05) is 30.3 Å². The highest BCUT2D eigenvalue weighted by Crippen LogP contribution is 2.44. The van der Waals surface area contributed by atoms with Crippen LogP contribution in [0, 0.1) is 0 Å². The molecule has 3 rings (SSSR count). The normalized spacial score (nSPS) is 14.3. The predicted octanol–water partition coefficient (Wildman–Crippen LogP) is 6.73. The third-order valence-electron chi connectivity index (χ3n) is 5.17. The Hall–Kier alpha value is -3.59. The van der Waals surface area contributed by atoms with E-state index in [-0.39, 0.29) is 22.6 Å². The Bertz CT molecular complexity index is 1250. The molecular weight excluding hydrogens is 554 g/mol. The minimum absolute atomic E-state index is 0.0124. The maximum Gasteiger partial charge on any atom is 0.458 e. The van der Waals surface area contributed by atoms with E-state index < -0.39 is 55.0 Å². The molecule has 2 aromatic carbocycles. The molecule has 0 amide bonds. The van der Waals surface area contributed by atoms with Gasteiger partial charge in [0, 0.05) is 24.4 Å². The molecule has 0 saturated heterocycles. The van der Waals surface area contributed by atoms with Gasteiger partial charge in [0.05, 0.1) is 6.04 Å². The van der Waals surface area contributed by atoms with Gasteiger partial charge in [-0.2, -0.15) is 43.9 Å². The zero-order chi connectivity index (χ0) is 29.0. The molecule has 0 bridgehead atoms. The maximum atomic E-state index is 14.0. The number of pyridine rings is 1. The molecule has 15 heteroatoms. The summed E-state index contributed by atoms with van der Waals surface area (Å²) in [4.78, 5) is 3.56. The van der Waals surface area contributed by atoms with E-state index in [4.69, 9.17) is 4.74 Å². The summed E-state index contributed by atoms with van der Waals surface area (Å²) in [5.74, 6) is -5.80. The number of aliphatic hydroxyl groups excluding tert-OH is 1. The van der Waals surface area contributed by atoms with Crippen molar-refractivity contribution in [1.82, 2.24) is 10.3 Å². The van der Waals surface area contributed by atoms with E-state index in [0.717, 1.165) is 24.4 Å². The molecule has 0 spiro atoms. The Morgan fingerprint density at radius 3 is 2.05 bits per heavy atom. The summed E-state index contributed by atoms with van der Waals surface area (Å²) < 4.78 is 140. The van der Waals surface area contributed by atoms with Gasteiger partial charge in [-0.25, -0.2) is 4.98 Å². The smallest absolute Gasteiger partial charge is 0.457 e. The highest BCUT2D eigenvalue weighted by molar-refractivity contribution is 5.41. The van der Waals surface area contributed by atoms with Gasteiger partial charge in [-0.3, -0.25) is 0 Å². The van der Waals surface area contributed by atoms with E-state index in [0.29, 0.717) is 12.1 Å². The highest BCUT2D eigenvalue weighted by Gasteiger charge is 2.58. The molecule has 0 aliphatic rings. The lowest BCUT2D eigenvalue weighted by Crippen LogP contribution is -2.40. The fraction of sp³-hybridized carbons (Fsp3) is 0.292. The second kappa shape index (κ2) is 11.7. The van der Waals surface area contributed by atoms with Crippen LogP contribution in [0.4, 0.5) is 43.9 Å². The summed E-state index contributed by atoms with van der Waals surface area (Å²) in [7, 11) is 0. The largest absolute Gasteiger partial charge is 0.458 e. The van der Waals surface area contributed by atoms with Crippen molar-refractivity contribution in [2.45, 2.75) is 37.0 Å². The van der Waals surface area contributed by atoms with Crippen molar-refractivity contribution < 1.29 is 58.5 Å². The van der Waals surface area contributed by atoms with Crippen molar-refractivity contribution >= 4 is 0 Å². The number of nitrogens with one attached hydrogen (secondary N) is 1. The predicted molar refractivity (Wildman–Crippen MR) is 116 cm³/mol. The number of hydrogen-bond donors (Lipinski definition) is 2. The van der Waals surface area contributed by atoms with E-state index in [1.807, 2.05) is 0 Å². The minimum atomic E-state index is -5.94. The van der Waals surface area contributed by atoms with Crippen LogP contribution >= 0.6 is 0 Å². The van der Waals surface area contributed by atoms with Crippen LogP contribution in [-0.4, -0.2) is 41.7 Å². The van der Waals surface area contributed by atoms with Crippen LogP contribution in [0.5, 0.6) is 17.4 Å². The molecule has 2 unspecified atom stereocenters. The fourth-order valence-corrected chi connectivity index (χ4v) is 3.35. The Labute approximate surface area is 214 Å². The first kappa shape index (κ1) is 30.0. The summed E-state index contributed by atoms with van der Waals surface area (Å²) >= 11 is 0. The van der Waals surface area contributed by atoms with Gasteiger partial charge < -0.3 is 19.9 Å². The fourth-order valence-electron chi connectivity index (χ4n) is 3.35. The topological polar surface area (TPSA) is 63.6 Å². The van der Waals surface area contributed by atoms with Crippen LogP contribution in [0.1, 0.15) is 22.7 Å². The Balaban J connectivity index is 1.98. The summed E-state index contributed by atoms with van der Waals surface area (Å²) in [6.07, 6.45) is -12.8. The molecule has 5 nitrogen and oxygen atoms in total. The minimum Gasteiger partial charge on any atom is -0.457 e. The van der Waals surface area contributed by atoms with Crippen LogP contribution in [-0.2, 0) is 5.92 Å². The third-order valence-corrected chi connectivity index (χ3v) is 5.17. The van der Waals surface area contributed by atoms with Crippen molar-refractivity contribution in [3.05, 3.63) is 83.6 Å². The molecule has 2 N–H and O–H groups in total. The molecule has 3 aromatic rings. The summed E-state index contributed by atoms with van der Waals surface area (Å²) in [6.45, 7) is -4.31. The van der Waals surface area contributed by atoms with Gasteiger partial charge in [-0.15, -0.1) is 0 Å². The molecule has 212 valence electrons. The van der Waals surface area contributed by atoms with Gasteiger partial charge in [0.25, 0.3) is 0 Å². The summed E-state index contributed by atoms with van der Waals surface area (Å²) in [6, 6.07) is 9.07. The van der Waals surface area contributed by atoms with Gasteiger partial charge in [0.2, 0.25) is 5.88 Å². The molecule has 1 aromatic heterocycles. The Kier molecular flexibility index (Phi) is 8.95. The molecule has 0 aliphatic carbocycles. The zero-order valence-electron chi connectivity index (χ0n) is 19.3. The Morgan fingerprint density at radius 1 is 0.821 bits per heavy atom. The molecule has 2 atom stereocenters. The molecule has 0 saturated carbocycles. The molecule has 39 heavy (non-hydrogen) atoms. The number of nitrogens with zero attached hydrogens (tertiary/aromatic N) is 1. The van der Waals surface area contributed by atoms with E-state index in [1.54, 1.807) is 0 Å². The van der Waals surface area contributed by atoms with E-state index >= 15 is 0 Å². The third kappa shape index (κ3) is 7.72. The number of aromatic nitrogens is 1. The number of hydrogen-bond acceptors (Lipinski definition) is 5. The van der Waals surface area contributed by atoms with Crippen molar-refractivity contribution in [3.63, 3.8) is 0 Å². The van der Waals surface area contributed by atoms with Crippen LogP contribution in [0.15, 0.2) is 66.9 Å². The lowest BCUT2D eigenvalue weighted by Gasteiger charge is -2.25. The zero-order valence-corrected chi connectivity index (χ0v) is 19.3. The number of benzene rings is 2. The first-order valence-electron chi connectivity index (χ1n) is 10.8. The number of aliphatic hydroxyl groups is 1. The van der Waals surface area contributed by atoms with E-state index in [2.05, 4.69) is 15.0 Å². The second-order valence-corrected chi connectivity index (χ2v) is 7.98. The molecule has 1 heterocycles. The van der Waals surface area contributed by atoms with Gasteiger partial charge in [-0.05, 0) is 35.4 Å². The summed E-state index contributed by atoms with van der Waals surface area (Å²) in [5.41, 5.74) is -1.68. The summed E-state index contributed by atoms with van der Waals surface area (Å²) in [5, 5.41) is 11.7. The highest BCUT2D eigenvalue weighted by atomic mass is 19.4. The van der Waals surface area contributed by atoms with Crippen molar-refractivity contribution in [2.24, 2.45) is 0 Å². The van der Waals surface area contributed by atoms with E-state index in [9.17, 15) is 49.0 Å². The number of halogens is 10. The monoisotopic (exact) mass is 572 g/mol. The van der Waals surface area contributed by atoms with Crippen LogP contribution in [0.3, 0.4) is 0 Å². The number of rotatable bonds is 10. The van der Waals surface area contributed by atoms with Crippen molar-refractivity contribution in [3.8, 4) is 17.4 Å². The first-order valence-corrected chi connectivity index (χ1v) is 10.8. The average Bonchev–Trinajstić information content (AvgIpc) is 2.83. The number of ether oxygens (including phenoxy) is 2. The maximum absolute atomic E-state index is 14.0. The average molecular weight is 572 g/mol.